The molecule has 74 valence electrons. The van der Waals surface area contributed by atoms with E-state index in [0.717, 1.165) is 16.1 Å². The zero-order chi connectivity index (χ0) is 10.3. The van der Waals surface area contributed by atoms with Gasteiger partial charge in [0.05, 0.1) is 16.8 Å². The molecule has 0 saturated carbocycles. The van der Waals surface area contributed by atoms with E-state index in [-0.39, 0.29) is 5.91 Å². The molecule has 1 aromatic heterocycles. The number of benzene rings is 1. The van der Waals surface area contributed by atoms with Crippen molar-refractivity contribution in [3.8, 4) is 0 Å². The molecule has 1 aliphatic heterocycles. The second-order valence-electron chi connectivity index (χ2n) is 3.20. The molecule has 5 heteroatoms. The third-order valence-corrected chi connectivity index (χ3v) is 3.10. The van der Waals surface area contributed by atoms with E-state index < -0.39 is 0 Å². The number of nitrogens with one attached hydrogen (secondary N) is 1. The second-order valence-corrected chi connectivity index (χ2v) is 4.17. The molecule has 0 atom stereocenters. The highest BCUT2D eigenvalue weighted by molar-refractivity contribution is 8.00. The lowest BCUT2D eigenvalue weighted by Crippen LogP contribution is -2.20. The van der Waals surface area contributed by atoms with E-state index in [0.29, 0.717) is 11.6 Å². The van der Waals surface area contributed by atoms with Gasteiger partial charge in [0.2, 0.25) is 5.91 Å². The monoisotopic (exact) mass is 217 g/mol. The number of nitrogens with zero attached hydrogens (tertiary/aromatic N) is 2. The van der Waals surface area contributed by atoms with Crippen molar-refractivity contribution in [1.29, 1.82) is 0 Å². The molecule has 0 fully saturated rings. The summed E-state index contributed by atoms with van der Waals surface area (Å²) in [7, 11) is 0. The van der Waals surface area contributed by atoms with Crippen molar-refractivity contribution < 1.29 is 4.79 Å². The Morgan fingerprint density at radius 3 is 2.73 bits per heavy atom. The molecule has 0 radical (unpaired) electrons. The van der Waals surface area contributed by atoms with Crippen LogP contribution in [-0.4, -0.2) is 21.6 Å². The SMILES string of the molecule is O=C1CSc2nc3ccccc3nc2N1. The Morgan fingerprint density at radius 2 is 1.93 bits per heavy atom. The first-order chi connectivity index (χ1) is 7.33. The van der Waals surface area contributed by atoms with Gasteiger partial charge in [0, 0.05) is 0 Å². The summed E-state index contributed by atoms with van der Waals surface area (Å²) in [4.78, 5) is 19.9. The Balaban J connectivity index is 2.24. The number of rotatable bonds is 0. The van der Waals surface area contributed by atoms with Crippen molar-refractivity contribution in [3.05, 3.63) is 24.3 Å². The highest BCUT2D eigenvalue weighted by Gasteiger charge is 2.18. The summed E-state index contributed by atoms with van der Waals surface area (Å²) in [5, 5.41) is 3.52. The number of thioether (sulfide) groups is 1. The fraction of sp³-hybridized carbons (Fsp3) is 0.100. The molecule has 3 rings (SSSR count). The van der Waals surface area contributed by atoms with Crippen LogP contribution in [0.2, 0.25) is 0 Å². The smallest absolute Gasteiger partial charge is 0.236 e. The van der Waals surface area contributed by atoms with Gasteiger partial charge in [-0.1, -0.05) is 23.9 Å². The van der Waals surface area contributed by atoms with Crippen LogP contribution in [0, 0.1) is 0 Å². The van der Waals surface area contributed by atoms with Gasteiger partial charge in [-0.2, -0.15) is 0 Å². The number of amides is 1. The number of anilines is 1. The van der Waals surface area contributed by atoms with Crippen LogP contribution in [0.1, 0.15) is 0 Å². The van der Waals surface area contributed by atoms with E-state index in [1.54, 1.807) is 0 Å². The van der Waals surface area contributed by atoms with Gasteiger partial charge < -0.3 is 5.32 Å². The molecule has 0 bridgehead atoms. The average molecular weight is 217 g/mol. The zero-order valence-electron chi connectivity index (χ0n) is 7.73. The fourth-order valence-corrected chi connectivity index (χ4v) is 2.20. The predicted octanol–water partition coefficient (Wildman–Crippen LogP) is 1.67. The first-order valence-electron chi connectivity index (χ1n) is 4.52. The third-order valence-electron chi connectivity index (χ3n) is 2.14. The van der Waals surface area contributed by atoms with Crippen LogP contribution in [0.15, 0.2) is 29.3 Å². The summed E-state index contributed by atoms with van der Waals surface area (Å²) < 4.78 is 0. The maximum Gasteiger partial charge on any atom is 0.236 e. The van der Waals surface area contributed by atoms with Gasteiger partial charge in [-0.25, -0.2) is 9.97 Å². The van der Waals surface area contributed by atoms with Crippen molar-refractivity contribution in [2.45, 2.75) is 5.03 Å². The summed E-state index contributed by atoms with van der Waals surface area (Å²) >= 11 is 1.43. The fourth-order valence-electron chi connectivity index (χ4n) is 1.47. The average Bonchev–Trinajstić information content (AvgIpc) is 2.26. The summed E-state index contributed by atoms with van der Waals surface area (Å²) in [6.45, 7) is 0. The number of carbonyl (C=O) groups is 1. The lowest BCUT2D eigenvalue weighted by Gasteiger charge is -2.14. The van der Waals surface area contributed by atoms with E-state index in [9.17, 15) is 4.79 Å². The van der Waals surface area contributed by atoms with Gasteiger partial charge in [-0.3, -0.25) is 4.79 Å². The second kappa shape index (κ2) is 3.20. The van der Waals surface area contributed by atoms with Crippen LogP contribution in [0.3, 0.4) is 0 Å². The van der Waals surface area contributed by atoms with Crippen LogP contribution in [0.25, 0.3) is 11.0 Å². The Kier molecular flexibility index (Phi) is 1.85. The van der Waals surface area contributed by atoms with Gasteiger partial charge in [-0.15, -0.1) is 0 Å². The summed E-state index contributed by atoms with van der Waals surface area (Å²) in [6, 6.07) is 7.63. The molecule has 4 nitrogen and oxygen atoms in total. The number of para-hydroxylation sites is 2. The Morgan fingerprint density at radius 1 is 1.20 bits per heavy atom. The maximum absolute atomic E-state index is 11.2. The molecule has 1 N–H and O–H groups in total. The Labute approximate surface area is 90.1 Å². The molecular weight excluding hydrogens is 210 g/mol. The van der Waals surface area contributed by atoms with Crippen molar-refractivity contribution in [3.63, 3.8) is 0 Å². The lowest BCUT2D eigenvalue weighted by molar-refractivity contribution is -0.113. The molecule has 2 aromatic rings. The van der Waals surface area contributed by atoms with Crippen molar-refractivity contribution >= 4 is 34.5 Å². The van der Waals surface area contributed by atoms with Gasteiger partial charge in [0.15, 0.2) is 5.82 Å². The lowest BCUT2D eigenvalue weighted by atomic mass is 10.3. The van der Waals surface area contributed by atoms with Crippen molar-refractivity contribution in [2.75, 3.05) is 11.1 Å². The minimum absolute atomic E-state index is 0.0166. The van der Waals surface area contributed by atoms with Gasteiger partial charge in [0.1, 0.15) is 5.03 Å². The number of fused-ring (bicyclic) bond motifs is 2. The molecule has 1 amide bonds. The Bertz CT molecular complexity index is 555. The zero-order valence-corrected chi connectivity index (χ0v) is 8.54. The quantitative estimate of drug-likeness (QED) is 0.729. The van der Waals surface area contributed by atoms with E-state index in [1.807, 2.05) is 24.3 Å². The molecule has 2 heterocycles. The molecule has 1 aliphatic rings. The topological polar surface area (TPSA) is 54.9 Å². The minimum Gasteiger partial charge on any atom is -0.308 e. The first kappa shape index (κ1) is 8.67. The summed E-state index contributed by atoms with van der Waals surface area (Å²) in [5.74, 6) is 0.979. The van der Waals surface area contributed by atoms with Crippen molar-refractivity contribution in [2.24, 2.45) is 0 Å². The van der Waals surface area contributed by atoms with Crippen LogP contribution in [-0.2, 0) is 4.79 Å². The van der Waals surface area contributed by atoms with Crippen molar-refractivity contribution in [1.82, 2.24) is 9.97 Å². The third kappa shape index (κ3) is 1.45. The summed E-state index contributed by atoms with van der Waals surface area (Å²) in [5.41, 5.74) is 1.67. The molecule has 0 aliphatic carbocycles. The van der Waals surface area contributed by atoms with E-state index in [4.69, 9.17) is 0 Å². The largest absolute Gasteiger partial charge is 0.308 e. The highest BCUT2D eigenvalue weighted by Crippen LogP contribution is 2.29. The maximum atomic E-state index is 11.2. The molecule has 0 spiro atoms. The summed E-state index contributed by atoms with van der Waals surface area (Å²) in [6.07, 6.45) is 0. The van der Waals surface area contributed by atoms with E-state index >= 15 is 0 Å². The van der Waals surface area contributed by atoms with Gasteiger partial charge in [0.25, 0.3) is 0 Å². The normalized spacial score (nSPS) is 14.8. The molecule has 15 heavy (non-hydrogen) atoms. The van der Waals surface area contributed by atoms with E-state index in [2.05, 4.69) is 15.3 Å². The molecular formula is C10H7N3OS. The number of carbonyl (C=O) groups excluding carboxylic acids is 1. The highest BCUT2D eigenvalue weighted by atomic mass is 32.2. The van der Waals surface area contributed by atoms with Crippen LogP contribution >= 0.6 is 11.8 Å². The molecule has 1 aromatic carbocycles. The minimum atomic E-state index is -0.0166. The number of hydrogen-bond acceptors (Lipinski definition) is 4. The van der Waals surface area contributed by atoms with Crippen LogP contribution in [0.5, 0.6) is 0 Å². The Hall–Kier alpha value is -1.62. The van der Waals surface area contributed by atoms with Gasteiger partial charge in [-0.05, 0) is 12.1 Å². The predicted molar refractivity (Wildman–Crippen MR) is 58.9 cm³/mol. The van der Waals surface area contributed by atoms with Gasteiger partial charge >= 0.3 is 0 Å². The molecule has 0 unspecified atom stereocenters. The number of aromatic nitrogens is 2. The van der Waals surface area contributed by atoms with E-state index in [1.165, 1.54) is 11.8 Å². The van der Waals surface area contributed by atoms with Crippen LogP contribution in [0.4, 0.5) is 5.82 Å². The van der Waals surface area contributed by atoms with Crippen LogP contribution < -0.4 is 5.32 Å². The first-order valence-corrected chi connectivity index (χ1v) is 5.51. The molecule has 0 saturated heterocycles. The standard InChI is InChI=1S/C10H7N3OS/c14-8-5-15-10-9(13-8)11-6-3-1-2-4-7(6)12-10/h1-4H,5H2,(H,11,13,14). The number of hydrogen-bond donors (Lipinski definition) is 1.